The molecule has 0 amide bonds. The summed E-state index contributed by atoms with van der Waals surface area (Å²) in [5.41, 5.74) is -0.515. The van der Waals surface area contributed by atoms with Crippen molar-refractivity contribution in [2.24, 2.45) is 0 Å². The molecule has 0 radical (unpaired) electrons. The third-order valence-corrected chi connectivity index (χ3v) is 2.53. The molecule has 2 aliphatic rings. The third kappa shape index (κ3) is 1.06. The molecule has 0 aromatic rings. The number of hydrogen-bond acceptors (Lipinski definition) is 4. The second-order valence-electron chi connectivity index (χ2n) is 3.43. The molecule has 1 spiro atoms. The van der Waals surface area contributed by atoms with Gasteiger partial charge < -0.3 is 20.1 Å². The third-order valence-electron chi connectivity index (χ3n) is 2.53. The van der Waals surface area contributed by atoms with E-state index in [4.69, 9.17) is 14.9 Å². The topological polar surface area (TPSA) is 69.9 Å². The maximum absolute atomic E-state index is 9.23. The molecule has 1 aliphatic heterocycles. The van der Waals surface area contributed by atoms with E-state index >= 15 is 0 Å². The Hall–Kier alpha value is -0.160. The van der Waals surface area contributed by atoms with Gasteiger partial charge in [-0.1, -0.05) is 0 Å². The highest BCUT2D eigenvalue weighted by molar-refractivity contribution is 5.09. The van der Waals surface area contributed by atoms with Crippen molar-refractivity contribution >= 4 is 0 Å². The fraction of sp³-hybridized carbons (Fsp3) is 1.00. The average molecular weight is 160 g/mol. The molecule has 4 atom stereocenters. The van der Waals surface area contributed by atoms with Gasteiger partial charge in [-0.25, -0.2) is 0 Å². The van der Waals surface area contributed by atoms with Crippen molar-refractivity contribution < 1.29 is 20.1 Å². The molecule has 4 nitrogen and oxygen atoms in total. The quantitative estimate of drug-likeness (QED) is 0.409. The normalized spacial score (nSPS) is 56.5. The van der Waals surface area contributed by atoms with Gasteiger partial charge in [-0.15, -0.1) is 0 Å². The number of rotatable bonds is 0. The van der Waals surface area contributed by atoms with Crippen molar-refractivity contribution in [1.82, 2.24) is 0 Å². The minimum Gasteiger partial charge on any atom is -0.390 e. The maximum atomic E-state index is 9.23. The average Bonchev–Trinajstić information content (AvgIpc) is 2.55. The number of aliphatic hydroxyl groups excluding tert-OH is 3. The summed E-state index contributed by atoms with van der Waals surface area (Å²) >= 11 is 0. The zero-order valence-electron chi connectivity index (χ0n) is 6.10. The molecule has 1 heterocycles. The van der Waals surface area contributed by atoms with E-state index in [1.54, 1.807) is 0 Å². The first kappa shape index (κ1) is 7.49. The first-order valence-electron chi connectivity index (χ1n) is 3.82. The Bertz CT molecular complexity index is 172. The van der Waals surface area contributed by atoms with E-state index in [9.17, 15) is 5.11 Å². The number of hydrogen-bond donors (Lipinski definition) is 3. The summed E-state index contributed by atoms with van der Waals surface area (Å²) in [4.78, 5) is 0. The molecule has 2 unspecified atom stereocenters. The van der Waals surface area contributed by atoms with E-state index in [2.05, 4.69) is 0 Å². The van der Waals surface area contributed by atoms with Crippen LogP contribution >= 0.6 is 0 Å². The summed E-state index contributed by atoms with van der Waals surface area (Å²) in [6.07, 6.45) is -1.01. The lowest BCUT2D eigenvalue weighted by molar-refractivity contribution is -0.142. The number of aliphatic hydroxyl groups is 3. The largest absolute Gasteiger partial charge is 0.390 e. The van der Waals surface area contributed by atoms with Gasteiger partial charge in [-0.2, -0.15) is 0 Å². The van der Waals surface area contributed by atoms with E-state index in [0.717, 1.165) is 0 Å². The zero-order valence-corrected chi connectivity index (χ0v) is 6.10. The van der Waals surface area contributed by atoms with E-state index in [-0.39, 0.29) is 6.61 Å². The van der Waals surface area contributed by atoms with Crippen molar-refractivity contribution in [3.8, 4) is 0 Å². The molecule has 2 rings (SSSR count). The minimum atomic E-state index is -0.784. The van der Waals surface area contributed by atoms with Gasteiger partial charge in [-0.05, 0) is 0 Å². The monoisotopic (exact) mass is 160 g/mol. The SMILES string of the molecule is OC1CC12C[C@H](O)[C@H](O)CO2. The van der Waals surface area contributed by atoms with E-state index in [1.165, 1.54) is 0 Å². The molecule has 0 aromatic heterocycles. The highest BCUT2D eigenvalue weighted by Gasteiger charge is 2.58. The summed E-state index contributed by atoms with van der Waals surface area (Å²) in [7, 11) is 0. The van der Waals surface area contributed by atoms with Crippen LogP contribution in [0.15, 0.2) is 0 Å². The van der Waals surface area contributed by atoms with Crippen LogP contribution in [-0.2, 0) is 4.74 Å². The van der Waals surface area contributed by atoms with Crippen LogP contribution < -0.4 is 0 Å². The fourth-order valence-electron chi connectivity index (χ4n) is 1.55. The summed E-state index contributed by atoms with van der Waals surface area (Å²) in [6, 6.07) is 0. The molecule has 1 saturated heterocycles. The lowest BCUT2D eigenvalue weighted by Gasteiger charge is -2.30. The van der Waals surface area contributed by atoms with Crippen LogP contribution in [0.1, 0.15) is 12.8 Å². The van der Waals surface area contributed by atoms with Gasteiger partial charge in [0.1, 0.15) is 6.10 Å². The smallest absolute Gasteiger partial charge is 0.103 e. The van der Waals surface area contributed by atoms with Gasteiger partial charge in [0.25, 0.3) is 0 Å². The Kier molecular flexibility index (Phi) is 1.47. The van der Waals surface area contributed by atoms with Crippen molar-refractivity contribution in [1.29, 1.82) is 0 Å². The molecule has 3 N–H and O–H groups in total. The van der Waals surface area contributed by atoms with Gasteiger partial charge in [0.15, 0.2) is 0 Å². The second-order valence-corrected chi connectivity index (χ2v) is 3.43. The summed E-state index contributed by atoms with van der Waals surface area (Å²) in [5, 5.41) is 27.4. The van der Waals surface area contributed by atoms with E-state index in [1.807, 2.05) is 0 Å². The summed E-state index contributed by atoms with van der Waals surface area (Å²) in [5.74, 6) is 0. The molecule has 4 heteroatoms. The predicted octanol–water partition coefficient (Wildman–Crippen LogP) is -1.37. The molecule has 1 aliphatic carbocycles. The molecule has 1 saturated carbocycles. The standard InChI is InChI=1S/C7H12O4/c8-4-1-7(2-6(7)10)11-3-5(4)9/h4-6,8-10H,1-3H2/t4-,5+,6?,7?/m0/s1. The summed E-state index contributed by atoms with van der Waals surface area (Å²) < 4.78 is 5.21. The predicted molar refractivity (Wildman–Crippen MR) is 35.9 cm³/mol. The van der Waals surface area contributed by atoms with Crippen LogP contribution in [0.5, 0.6) is 0 Å². The van der Waals surface area contributed by atoms with Gasteiger partial charge in [0, 0.05) is 12.8 Å². The molecule has 64 valence electrons. The molecular weight excluding hydrogens is 148 g/mol. The Morgan fingerprint density at radius 2 is 1.73 bits per heavy atom. The van der Waals surface area contributed by atoms with Crippen molar-refractivity contribution in [3.05, 3.63) is 0 Å². The van der Waals surface area contributed by atoms with Crippen LogP contribution in [0.2, 0.25) is 0 Å². The lowest BCUT2D eigenvalue weighted by atomic mass is 10.0. The van der Waals surface area contributed by atoms with Crippen LogP contribution in [0.4, 0.5) is 0 Å². The lowest BCUT2D eigenvalue weighted by Crippen LogP contribution is -2.43. The van der Waals surface area contributed by atoms with Crippen LogP contribution in [0.3, 0.4) is 0 Å². The molecule has 2 fully saturated rings. The van der Waals surface area contributed by atoms with Crippen LogP contribution in [0.25, 0.3) is 0 Å². The van der Waals surface area contributed by atoms with E-state index in [0.29, 0.717) is 12.8 Å². The molecule has 0 aromatic carbocycles. The fourth-order valence-corrected chi connectivity index (χ4v) is 1.55. The van der Waals surface area contributed by atoms with Gasteiger partial charge in [0.2, 0.25) is 0 Å². The highest BCUT2D eigenvalue weighted by Crippen LogP contribution is 2.46. The van der Waals surface area contributed by atoms with Crippen molar-refractivity contribution in [2.45, 2.75) is 36.8 Å². The zero-order chi connectivity index (χ0) is 8.06. The Morgan fingerprint density at radius 3 is 2.18 bits per heavy atom. The van der Waals surface area contributed by atoms with Crippen molar-refractivity contribution in [2.75, 3.05) is 6.61 Å². The minimum absolute atomic E-state index is 0.137. The molecule has 11 heavy (non-hydrogen) atoms. The van der Waals surface area contributed by atoms with Crippen LogP contribution in [0, 0.1) is 0 Å². The van der Waals surface area contributed by atoms with Crippen LogP contribution in [-0.4, -0.2) is 45.8 Å². The Labute approximate surface area is 64.4 Å². The Balaban J connectivity index is 1.99. The molecular formula is C7H12O4. The second kappa shape index (κ2) is 2.17. The highest BCUT2D eigenvalue weighted by atomic mass is 16.5. The first-order chi connectivity index (χ1) is 5.14. The molecule has 0 bridgehead atoms. The van der Waals surface area contributed by atoms with Gasteiger partial charge in [-0.3, -0.25) is 0 Å². The summed E-state index contributed by atoms with van der Waals surface area (Å²) in [6.45, 7) is 0.137. The van der Waals surface area contributed by atoms with Crippen molar-refractivity contribution in [3.63, 3.8) is 0 Å². The Morgan fingerprint density at radius 1 is 1.09 bits per heavy atom. The van der Waals surface area contributed by atoms with Gasteiger partial charge in [0.05, 0.1) is 24.4 Å². The van der Waals surface area contributed by atoms with E-state index < -0.39 is 23.9 Å². The van der Waals surface area contributed by atoms with Gasteiger partial charge >= 0.3 is 0 Å². The first-order valence-corrected chi connectivity index (χ1v) is 3.82. The number of ether oxygens (including phenoxy) is 1. The maximum Gasteiger partial charge on any atom is 0.103 e.